The fourth-order valence-electron chi connectivity index (χ4n) is 3.61. The second kappa shape index (κ2) is 8.05. The van der Waals surface area contributed by atoms with Gasteiger partial charge in [-0.1, -0.05) is 88.7 Å². The molecule has 164 valence electrons. The number of aryl methyl sites for hydroxylation is 1. The molecule has 0 N–H and O–H groups in total. The Hall–Kier alpha value is -4.20. The van der Waals surface area contributed by atoms with Crippen LogP contribution in [0.4, 0.5) is 13.2 Å². The van der Waals surface area contributed by atoms with Gasteiger partial charge in [0.1, 0.15) is 0 Å². The molecule has 2 heterocycles. The first kappa shape index (κ1) is 20.7. The topological polar surface area (TPSA) is 65.0 Å². The van der Waals surface area contributed by atoms with E-state index in [0.29, 0.717) is 16.9 Å². The number of rotatable bonds is 4. The highest BCUT2D eigenvalue weighted by molar-refractivity contribution is 5.88. The van der Waals surface area contributed by atoms with Crippen molar-refractivity contribution in [2.75, 3.05) is 0 Å². The molecule has 0 fully saturated rings. The second-order valence-corrected chi connectivity index (χ2v) is 7.44. The van der Waals surface area contributed by atoms with Gasteiger partial charge in [-0.3, -0.25) is 0 Å². The molecule has 0 amide bonds. The number of benzene rings is 3. The number of nitrogens with zero attached hydrogens (tertiary/aromatic N) is 3. The minimum Gasteiger partial charge on any atom is -0.355 e. The molecule has 0 spiro atoms. The normalized spacial score (nSPS) is 11.6. The average molecular weight is 447 g/mol. The molecule has 0 aliphatic heterocycles. The van der Waals surface area contributed by atoms with Crippen LogP contribution in [0.2, 0.25) is 0 Å². The first-order valence-electron chi connectivity index (χ1n) is 10.0. The molecule has 0 saturated heterocycles. The molecular weight excluding hydrogens is 431 g/mol. The predicted molar refractivity (Wildman–Crippen MR) is 116 cm³/mol. The summed E-state index contributed by atoms with van der Waals surface area (Å²) in [6.07, 6.45) is -4.56. The van der Waals surface area contributed by atoms with Crippen molar-refractivity contribution in [2.45, 2.75) is 13.1 Å². The molecule has 2 aromatic heterocycles. The van der Waals surface area contributed by atoms with Crippen LogP contribution in [0.3, 0.4) is 0 Å². The third-order valence-corrected chi connectivity index (χ3v) is 5.14. The summed E-state index contributed by atoms with van der Waals surface area (Å²) >= 11 is 0. The SMILES string of the molecule is Cc1ccc(-c2noc(-c3noc(-c4ccccc4)c3-c3ccccc3)n2)c(C(F)(F)F)c1. The summed E-state index contributed by atoms with van der Waals surface area (Å²) in [6, 6.07) is 22.7. The van der Waals surface area contributed by atoms with Crippen LogP contribution in [0.25, 0.3) is 45.4 Å². The molecule has 5 nitrogen and oxygen atoms in total. The van der Waals surface area contributed by atoms with Gasteiger partial charge in [0.25, 0.3) is 5.89 Å². The molecule has 5 rings (SSSR count). The predicted octanol–water partition coefficient (Wildman–Crippen LogP) is 7.05. The van der Waals surface area contributed by atoms with Crippen LogP contribution in [0, 0.1) is 6.92 Å². The van der Waals surface area contributed by atoms with Gasteiger partial charge in [-0.05, 0) is 18.6 Å². The maximum atomic E-state index is 13.6. The van der Waals surface area contributed by atoms with Crippen LogP contribution >= 0.6 is 0 Å². The van der Waals surface area contributed by atoms with Crippen molar-refractivity contribution in [3.63, 3.8) is 0 Å². The van der Waals surface area contributed by atoms with Gasteiger partial charge in [0.2, 0.25) is 5.82 Å². The molecule has 0 atom stereocenters. The number of halogens is 3. The number of hydrogen-bond acceptors (Lipinski definition) is 5. The monoisotopic (exact) mass is 447 g/mol. The van der Waals surface area contributed by atoms with Crippen molar-refractivity contribution >= 4 is 0 Å². The lowest BCUT2D eigenvalue weighted by atomic mass is 9.99. The van der Waals surface area contributed by atoms with Crippen molar-refractivity contribution in [3.05, 3.63) is 90.0 Å². The highest BCUT2D eigenvalue weighted by atomic mass is 19.4. The van der Waals surface area contributed by atoms with Gasteiger partial charge < -0.3 is 9.05 Å². The summed E-state index contributed by atoms with van der Waals surface area (Å²) in [6.45, 7) is 1.59. The van der Waals surface area contributed by atoms with E-state index in [1.165, 1.54) is 6.07 Å². The van der Waals surface area contributed by atoms with Gasteiger partial charge in [-0.2, -0.15) is 18.2 Å². The summed E-state index contributed by atoms with van der Waals surface area (Å²) in [7, 11) is 0. The van der Waals surface area contributed by atoms with E-state index in [2.05, 4.69) is 15.3 Å². The molecule has 0 saturated carbocycles. The van der Waals surface area contributed by atoms with Crippen LogP contribution in [0.5, 0.6) is 0 Å². The smallest absolute Gasteiger partial charge is 0.355 e. The highest BCUT2D eigenvalue weighted by Gasteiger charge is 2.35. The summed E-state index contributed by atoms with van der Waals surface area (Å²) in [4.78, 5) is 4.25. The Bertz CT molecular complexity index is 1410. The number of aromatic nitrogens is 3. The van der Waals surface area contributed by atoms with Gasteiger partial charge in [0, 0.05) is 11.1 Å². The Balaban J connectivity index is 1.66. The molecule has 5 aromatic rings. The van der Waals surface area contributed by atoms with Crippen molar-refractivity contribution < 1.29 is 22.2 Å². The van der Waals surface area contributed by atoms with Gasteiger partial charge in [0.15, 0.2) is 11.5 Å². The van der Waals surface area contributed by atoms with E-state index < -0.39 is 11.7 Å². The minimum atomic E-state index is -4.56. The highest BCUT2D eigenvalue weighted by Crippen LogP contribution is 2.41. The Morgan fingerprint density at radius 2 is 1.42 bits per heavy atom. The third-order valence-electron chi connectivity index (χ3n) is 5.14. The Kier molecular flexibility index (Phi) is 5.05. The third kappa shape index (κ3) is 3.91. The van der Waals surface area contributed by atoms with Crippen LogP contribution in [0.1, 0.15) is 11.1 Å². The van der Waals surface area contributed by atoms with Crippen molar-refractivity contribution in [1.82, 2.24) is 15.3 Å². The second-order valence-electron chi connectivity index (χ2n) is 7.44. The van der Waals surface area contributed by atoms with Crippen LogP contribution < -0.4 is 0 Å². The van der Waals surface area contributed by atoms with Crippen LogP contribution in [0.15, 0.2) is 87.9 Å². The zero-order chi connectivity index (χ0) is 23.0. The van der Waals surface area contributed by atoms with E-state index >= 15 is 0 Å². The summed E-state index contributed by atoms with van der Waals surface area (Å²) in [5.74, 6) is 0.270. The molecule has 0 aliphatic carbocycles. The van der Waals surface area contributed by atoms with Crippen molar-refractivity contribution in [3.8, 4) is 45.4 Å². The van der Waals surface area contributed by atoms with E-state index in [4.69, 9.17) is 9.05 Å². The molecule has 3 aromatic carbocycles. The zero-order valence-corrected chi connectivity index (χ0v) is 17.3. The van der Waals surface area contributed by atoms with Gasteiger partial charge in [0.05, 0.1) is 11.1 Å². The quantitative estimate of drug-likeness (QED) is 0.295. The van der Waals surface area contributed by atoms with Gasteiger partial charge in [-0.15, -0.1) is 0 Å². The average Bonchev–Trinajstić information content (AvgIpc) is 3.47. The van der Waals surface area contributed by atoms with Crippen molar-refractivity contribution in [1.29, 1.82) is 0 Å². The van der Waals surface area contributed by atoms with Crippen molar-refractivity contribution in [2.24, 2.45) is 0 Å². The first-order valence-corrected chi connectivity index (χ1v) is 10.0. The van der Waals surface area contributed by atoms with Gasteiger partial charge >= 0.3 is 6.18 Å². The largest absolute Gasteiger partial charge is 0.417 e. The van der Waals surface area contributed by atoms with Gasteiger partial charge in [-0.25, -0.2) is 0 Å². The van der Waals surface area contributed by atoms with E-state index in [-0.39, 0.29) is 23.0 Å². The maximum Gasteiger partial charge on any atom is 0.417 e. The molecular formula is C25H16F3N3O2. The Morgan fingerprint density at radius 3 is 2.09 bits per heavy atom. The minimum absolute atomic E-state index is 0.0384. The summed E-state index contributed by atoms with van der Waals surface area (Å²) in [5.41, 5.74) is 1.91. The van der Waals surface area contributed by atoms with Crippen LogP contribution in [-0.4, -0.2) is 15.3 Å². The fraction of sp³-hybridized carbons (Fsp3) is 0.0800. The lowest BCUT2D eigenvalue weighted by Gasteiger charge is -2.11. The summed E-state index contributed by atoms with van der Waals surface area (Å²) < 4.78 is 51.8. The van der Waals surface area contributed by atoms with E-state index in [1.807, 2.05) is 60.7 Å². The molecule has 0 unspecified atom stereocenters. The maximum absolute atomic E-state index is 13.6. The Labute approximate surface area is 186 Å². The summed E-state index contributed by atoms with van der Waals surface area (Å²) in [5, 5.41) is 7.95. The molecule has 0 aliphatic rings. The number of hydrogen-bond donors (Lipinski definition) is 0. The number of alkyl halides is 3. The lowest BCUT2D eigenvalue weighted by molar-refractivity contribution is -0.137. The molecule has 0 radical (unpaired) electrons. The van der Waals surface area contributed by atoms with Crippen LogP contribution in [-0.2, 0) is 6.18 Å². The van der Waals surface area contributed by atoms with E-state index in [1.54, 1.807) is 13.0 Å². The lowest BCUT2D eigenvalue weighted by Crippen LogP contribution is -2.08. The van der Waals surface area contributed by atoms with E-state index in [0.717, 1.165) is 17.2 Å². The molecule has 33 heavy (non-hydrogen) atoms. The fourth-order valence-corrected chi connectivity index (χ4v) is 3.61. The van der Waals surface area contributed by atoms with E-state index in [9.17, 15) is 13.2 Å². The zero-order valence-electron chi connectivity index (χ0n) is 17.3. The Morgan fingerprint density at radius 1 is 0.758 bits per heavy atom. The molecule has 0 bridgehead atoms. The standard InChI is InChI=1S/C25H16F3N3O2/c1-15-12-13-18(19(14-15)25(26,27)28)23-29-24(33-31-23)21-20(16-8-4-2-5-9-16)22(32-30-21)17-10-6-3-7-11-17/h2-14H,1H3. The first-order chi connectivity index (χ1) is 15.9. The molecule has 8 heteroatoms.